The SMILES string of the molecule is CC(C)C1(C(=O)NCC2CCCC2C(=O)O)CCNC1. The molecular weight excluding hydrogens is 256 g/mol. The molecule has 1 aliphatic carbocycles. The number of nitrogens with one attached hydrogen (secondary N) is 2. The standard InChI is InChI=1S/C15H26N2O3/c1-10(2)15(6-7-16-9-15)14(20)17-8-11-4-3-5-12(11)13(18)19/h10-12,16H,3-9H2,1-2H3,(H,17,20)(H,18,19). The number of amides is 1. The van der Waals surface area contributed by atoms with Crippen LogP contribution in [-0.2, 0) is 9.59 Å². The lowest BCUT2D eigenvalue weighted by Gasteiger charge is -2.31. The number of hydrogen-bond donors (Lipinski definition) is 3. The summed E-state index contributed by atoms with van der Waals surface area (Å²) >= 11 is 0. The Bertz CT molecular complexity index is 375. The van der Waals surface area contributed by atoms with Crippen molar-refractivity contribution in [2.24, 2.45) is 23.2 Å². The maximum Gasteiger partial charge on any atom is 0.306 e. The van der Waals surface area contributed by atoms with E-state index in [4.69, 9.17) is 0 Å². The van der Waals surface area contributed by atoms with Crippen LogP contribution in [0.1, 0.15) is 39.5 Å². The predicted molar refractivity (Wildman–Crippen MR) is 76.2 cm³/mol. The first-order valence-corrected chi connectivity index (χ1v) is 7.69. The van der Waals surface area contributed by atoms with Crippen LogP contribution in [-0.4, -0.2) is 36.6 Å². The van der Waals surface area contributed by atoms with E-state index >= 15 is 0 Å². The first-order valence-electron chi connectivity index (χ1n) is 7.69. The van der Waals surface area contributed by atoms with Crippen molar-refractivity contribution >= 4 is 11.9 Å². The molecule has 0 bridgehead atoms. The third kappa shape index (κ3) is 2.82. The molecular formula is C15H26N2O3. The van der Waals surface area contributed by atoms with E-state index in [1.807, 2.05) is 0 Å². The average Bonchev–Trinajstić information content (AvgIpc) is 3.05. The molecule has 3 atom stereocenters. The summed E-state index contributed by atoms with van der Waals surface area (Å²) in [5, 5.41) is 15.5. The molecule has 1 amide bonds. The summed E-state index contributed by atoms with van der Waals surface area (Å²) in [6.45, 7) is 6.28. The van der Waals surface area contributed by atoms with Crippen LogP contribution in [0.2, 0.25) is 0 Å². The van der Waals surface area contributed by atoms with Crippen LogP contribution in [0.5, 0.6) is 0 Å². The molecule has 0 radical (unpaired) electrons. The molecule has 1 aliphatic heterocycles. The third-order valence-corrected chi connectivity index (χ3v) is 5.25. The molecule has 114 valence electrons. The Morgan fingerprint density at radius 3 is 2.70 bits per heavy atom. The van der Waals surface area contributed by atoms with Gasteiger partial charge in [0, 0.05) is 13.1 Å². The van der Waals surface area contributed by atoms with Gasteiger partial charge in [-0.1, -0.05) is 20.3 Å². The summed E-state index contributed by atoms with van der Waals surface area (Å²) in [7, 11) is 0. The van der Waals surface area contributed by atoms with Crippen LogP contribution in [0.25, 0.3) is 0 Å². The monoisotopic (exact) mass is 282 g/mol. The zero-order valence-corrected chi connectivity index (χ0v) is 12.4. The Morgan fingerprint density at radius 2 is 2.15 bits per heavy atom. The molecule has 3 unspecified atom stereocenters. The minimum atomic E-state index is -0.720. The maximum absolute atomic E-state index is 12.5. The molecule has 0 spiro atoms. The molecule has 1 saturated heterocycles. The number of carbonyl (C=O) groups excluding carboxylic acids is 1. The first kappa shape index (κ1) is 15.3. The first-order chi connectivity index (χ1) is 9.47. The van der Waals surface area contributed by atoms with E-state index in [-0.39, 0.29) is 29.1 Å². The highest BCUT2D eigenvalue weighted by Crippen LogP contribution is 2.35. The largest absolute Gasteiger partial charge is 0.481 e. The lowest BCUT2D eigenvalue weighted by atomic mass is 9.75. The maximum atomic E-state index is 12.5. The Morgan fingerprint density at radius 1 is 1.40 bits per heavy atom. The van der Waals surface area contributed by atoms with Gasteiger partial charge in [0.1, 0.15) is 0 Å². The summed E-state index contributed by atoms with van der Waals surface area (Å²) in [6.07, 6.45) is 3.47. The van der Waals surface area contributed by atoms with Gasteiger partial charge < -0.3 is 15.7 Å². The van der Waals surface area contributed by atoms with Crippen molar-refractivity contribution in [2.45, 2.75) is 39.5 Å². The van der Waals surface area contributed by atoms with E-state index in [9.17, 15) is 14.7 Å². The average molecular weight is 282 g/mol. The van der Waals surface area contributed by atoms with Gasteiger partial charge in [0.05, 0.1) is 11.3 Å². The van der Waals surface area contributed by atoms with Crippen molar-refractivity contribution in [3.05, 3.63) is 0 Å². The Kier molecular flexibility index (Phi) is 4.68. The molecule has 0 aromatic heterocycles. The van der Waals surface area contributed by atoms with Crippen LogP contribution in [0, 0.1) is 23.2 Å². The van der Waals surface area contributed by atoms with Gasteiger partial charge in [-0.2, -0.15) is 0 Å². The van der Waals surface area contributed by atoms with Gasteiger partial charge in [-0.05, 0) is 37.6 Å². The fourth-order valence-corrected chi connectivity index (χ4v) is 3.67. The van der Waals surface area contributed by atoms with E-state index in [1.54, 1.807) is 0 Å². The van der Waals surface area contributed by atoms with E-state index in [1.165, 1.54) is 0 Å². The van der Waals surface area contributed by atoms with E-state index < -0.39 is 5.97 Å². The number of rotatable bonds is 5. The number of hydrogen-bond acceptors (Lipinski definition) is 3. The molecule has 0 aromatic carbocycles. The smallest absolute Gasteiger partial charge is 0.306 e. The van der Waals surface area contributed by atoms with Gasteiger partial charge in [0.2, 0.25) is 5.91 Å². The predicted octanol–water partition coefficient (Wildman–Crippen LogP) is 1.24. The van der Waals surface area contributed by atoms with Crippen LogP contribution in [0.15, 0.2) is 0 Å². The number of carboxylic acids is 1. The van der Waals surface area contributed by atoms with Crippen LogP contribution in [0.3, 0.4) is 0 Å². The molecule has 3 N–H and O–H groups in total. The number of aliphatic carboxylic acids is 1. The van der Waals surface area contributed by atoms with Crippen LogP contribution in [0.4, 0.5) is 0 Å². The van der Waals surface area contributed by atoms with Gasteiger partial charge in [-0.15, -0.1) is 0 Å². The van der Waals surface area contributed by atoms with E-state index in [2.05, 4.69) is 24.5 Å². The summed E-state index contributed by atoms with van der Waals surface area (Å²) in [6, 6.07) is 0. The second-order valence-corrected chi connectivity index (χ2v) is 6.58. The van der Waals surface area contributed by atoms with Gasteiger partial charge in [0.15, 0.2) is 0 Å². The topological polar surface area (TPSA) is 78.4 Å². The lowest BCUT2D eigenvalue weighted by Crippen LogP contribution is -2.47. The Hall–Kier alpha value is -1.10. The highest BCUT2D eigenvalue weighted by Gasteiger charge is 2.44. The molecule has 5 nitrogen and oxygen atoms in total. The Balaban J connectivity index is 1.93. The van der Waals surface area contributed by atoms with E-state index in [0.717, 1.165) is 38.8 Å². The van der Waals surface area contributed by atoms with Crippen molar-refractivity contribution in [3.63, 3.8) is 0 Å². The molecule has 5 heteroatoms. The van der Waals surface area contributed by atoms with E-state index in [0.29, 0.717) is 6.54 Å². The number of carboxylic acid groups (broad SMARTS) is 1. The molecule has 2 aliphatic rings. The third-order valence-electron chi connectivity index (χ3n) is 5.25. The lowest BCUT2D eigenvalue weighted by molar-refractivity contribution is -0.143. The normalized spacial score (nSPS) is 33.5. The summed E-state index contributed by atoms with van der Waals surface area (Å²) < 4.78 is 0. The van der Waals surface area contributed by atoms with Gasteiger partial charge in [-0.25, -0.2) is 0 Å². The second-order valence-electron chi connectivity index (χ2n) is 6.58. The van der Waals surface area contributed by atoms with Crippen LogP contribution >= 0.6 is 0 Å². The molecule has 2 fully saturated rings. The van der Waals surface area contributed by atoms with Crippen LogP contribution < -0.4 is 10.6 Å². The minimum absolute atomic E-state index is 0.0912. The summed E-state index contributed by atoms with van der Waals surface area (Å²) in [5.74, 6) is -0.533. The zero-order valence-electron chi connectivity index (χ0n) is 12.4. The Labute approximate surface area is 120 Å². The quantitative estimate of drug-likeness (QED) is 0.709. The fourth-order valence-electron chi connectivity index (χ4n) is 3.67. The number of carbonyl (C=O) groups is 2. The molecule has 2 rings (SSSR count). The van der Waals surface area contributed by atoms with Crippen molar-refractivity contribution in [1.29, 1.82) is 0 Å². The summed E-state index contributed by atoms with van der Waals surface area (Å²) in [5.41, 5.74) is -0.322. The zero-order chi connectivity index (χ0) is 14.8. The highest BCUT2D eigenvalue weighted by atomic mass is 16.4. The van der Waals surface area contributed by atoms with Gasteiger partial charge in [-0.3, -0.25) is 9.59 Å². The van der Waals surface area contributed by atoms with Crippen molar-refractivity contribution in [2.75, 3.05) is 19.6 Å². The van der Waals surface area contributed by atoms with Crippen molar-refractivity contribution < 1.29 is 14.7 Å². The van der Waals surface area contributed by atoms with Gasteiger partial charge in [0.25, 0.3) is 0 Å². The van der Waals surface area contributed by atoms with Crippen molar-refractivity contribution in [1.82, 2.24) is 10.6 Å². The highest BCUT2D eigenvalue weighted by molar-refractivity contribution is 5.83. The molecule has 20 heavy (non-hydrogen) atoms. The molecule has 0 aromatic rings. The van der Waals surface area contributed by atoms with Crippen molar-refractivity contribution in [3.8, 4) is 0 Å². The van der Waals surface area contributed by atoms with Gasteiger partial charge >= 0.3 is 5.97 Å². The second kappa shape index (κ2) is 6.12. The fraction of sp³-hybridized carbons (Fsp3) is 0.867. The molecule has 1 heterocycles. The molecule has 1 saturated carbocycles. The summed E-state index contributed by atoms with van der Waals surface area (Å²) in [4.78, 5) is 23.7. The minimum Gasteiger partial charge on any atom is -0.481 e.